The van der Waals surface area contributed by atoms with E-state index in [0.29, 0.717) is 17.6 Å². The number of hydrogen-bond acceptors (Lipinski definition) is 8. The maximum atomic E-state index is 12.3. The number of amides is 1. The molecule has 10 nitrogen and oxygen atoms in total. The highest BCUT2D eigenvalue weighted by atomic mass is 32.2. The number of nitrogens with zero attached hydrogens (tertiary/aromatic N) is 2. The molecule has 0 saturated heterocycles. The van der Waals surface area contributed by atoms with Crippen molar-refractivity contribution in [2.75, 3.05) is 6.26 Å². The molecular weight excluding hydrogens is 402 g/mol. The minimum Gasteiger partial charge on any atom is -0.444 e. The fourth-order valence-electron chi connectivity index (χ4n) is 3.12. The normalized spacial score (nSPS) is 22.5. The quantitative estimate of drug-likeness (QED) is 0.430. The van der Waals surface area contributed by atoms with Gasteiger partial charge in [0.05, 0.1) is 22.8 Å². The zero-order valence-corrected chi connectivity index (χ0v) is 17.7. The van der Waals surface area contributed by atoms with Gasteiger partial charge >= 0.3 is 6.09 Å². The average Bonchev–Trinajstić information content (AvgIpc) is 2.55. The van der Waals surface area contributed by atoms with Gasteiger partial charge in [-0.2, -0.15) is 8.42 Å². The Balaban J connectivity index is 2.44. The molecule has 0 spiro atoms. The molecule has 1 amide bonds. The second kappa shape index (κ2) is 8.46. The summed E-state index contributed by atoms with van der Waals surface area (Å²) in [5.74, 6) is -0.363. The lowest BCUT2D eigenvalue weighted by Gasteiger charge is -2.35. The van der Waals surface area contributed by atoms with E-state index in [0.717, 1.165) is 12.5 Å². The summed E-state index contributed by atoms with van der Waals surface area (Å²) in [6.07, 6.45) is 3.76. The van der Waals surface area contributed by atoms with Crippen molar-refractivity contribution in [3.05, 3.63) is 40.2 Å². The molecule has 1 heterocycles. The zero-order valence-electron chi connectivity index (χ0n) is 16.9. The molecule has 0 fully saturated rings. The van der Waals surface area contributed by atoms with Crippen molar-refractivity contribution in [3.8, 4) is 0 Å². The highest BCUT2D eigenvalue weighted by Gasteiger charge is 2.37. The van der Waals surface area contributed by atoms with Crippen LogP contribution in [0.4, 0.5) is 10.5 Å². The first-order chi connectivity index (χ1) is 13.3. The van der Waals surface area contributed by atoms with Crippen LogP contribution >= 0.6 is 0 Å². The van der Waals surface area contributed by atoms with Crippen molar-refractivity contribution in [1.82, 2.24) is 10.3 Å². The van der Waals surface area contributed by atoms with Gasteiger partial charge in [-0.3, -0.25) is 19.3 Å². The van der Waals surface area contributed by atoms with E-state index in [1.165, 1.54) is 12.3 Å². The number of carbonyl (C=O) groups excluding carboxylic acids is 1. The van der Waals surface area contributed by atoms with E-state index >= 15 is 0 Å². The van der Waals surface area contributed by atoms with Crippen LogP contribution in [-0.4, -0.2) is 48.4 Å². The molecule has 3 atom stereocenters. The number of hydrogen-bond donors (Lipinski definition) is 1. The van der Waals surface area contributed by atoms with Gasteiger partial charge < -0.3 is 10.1 Å². The SMILES string of the molecule is C[C@@H]1CC(c2ccncc2[N+](=O)[O-])=C[C@@H](NC(=O)OC(C)(C)C)[C@@H]1OS(C)(=O)=O. The van der Waals surface area contributed by atoms with Gasteiger partial charge in [0.2, 0.25) is 0 Å². The van der Waals surface area contributed by atoms with Gasteiger partial charge in [-0.25, -0.2) is 4.79 Å². The third kappa shape index (κ3) is 6.50. The molecule has 0 unspecified atom stereocenters. The van der Waals surface area contributed by atoms with E-state index in [4.69, 9.17) is 8.92 Å². The Morgan fingerprint density at radius 2 is 2.03 bits per heavy atom. The van der Waals surface area contributed by atoms with Crippen molar-refractivity contribution < 1.29 is 27.1 Å². The van der Waals surface area contributed by atoms with E-state index in [9.17, 15) is 23.3 Å². The third-order valence-electron chi connectivity index (χ3n) is 4.15. The molecule has 1 aliphatic carbocycles. The zero-order chi connectivity index (χ0) is 22.0. The summed E-state index contributed by atoms with van der Waals surface area (Å²) in [7, 11) is -3.80. The predicted octanol–water partition coefficient (Wildman–Crippen LogP) is 2.65. The van der Waals surface area contributed by atoms with Crippen LogP contribution in [0.25, 0.3) is 5.57 Å². The second-order valence-corrected chi connectivity index (χ2v) is 9.56. The Hall–Kier alpha value is -2.53. The fraction of sp³-hybridized carbons (Fsp3) is 0.556. The monoisotopic (exact) mass is 427 g/mol. The van der Waals surface area contributed by atoms with E-state index in [-0.39, 0.29) is 11.6 Å². The molecule has 0 aromatic carbocycles. The molecule has 0 radical (unpaired) electrons. The molecule has 1 aromatic rings. The van der Waals surface area contributed by atoms with Crippen LogP contribution in [0.15, 0.2) is 24.5 Å². The Bertz CT molecular complexity index is 922. The second-order valence-electron chi connectivity index (χ2n) is 7.96. The van der Waals surface area contributed by atoms with Gasteiger partial charge in [-0.05, 0) is 44.7 Å². The minimum absolute atomic E-state index is 0.176. The summed E-state index contributed by atoms with van der Waals surface area (Å²) < 4.78 is 33.9. The summed E-state index contributed by atoms with van der Waals surface area (Å²) in [5.41, 5.74) is 0.00431. The van der Waals surface area contributed by atoms with Crippen molar-refractivity contribution in [2.45, 2.75) is 51.9 Å². The topological polar surface area (TPSA) is 138 Å². The molecule has 1 aliphatic rings. The van der Waals surface area contributed by atoms with Gasteiger partial charge in [0, 0.05) is 6.20 Å². The summed E-state index contributed by atoms with van der Waals surface area (Å²) in [4.78, 5) is 26.9. The van der Waals surface area contributed by atoms with Crippen molar-refractivity contribution in [3.63, 3.8) is 0 Å². The molecule has 160 valence electrons. The van der Waals surface area contributed by atoms with E-state index < -0.39 is 38.9 Å². The highest BCUT2D eigenvalue weighted by Crippen LogP contribution is 2.36. The van der Waals surface area contributed by atoms with Crippen LogP contribution in [0, 0.1) is 16.0 Å². The van der Waals surface area contributed by atoms with Crippen molar-refractivity contribution >= 4 is 27.5 Å². The van der Waals surface area contributed by atoms with Gasteiger partial charge in [0.15, 0.2) is 0 Å². The Morgan fingerprint density at radius 3 is 2.59 bits per heavy atom. The summed E-state index contributed by atoms with van der Waals surface area (Å²) in [5, 5.41) is 14.0. The van der Waals surface area contributed by atoms with E-state index in [2.05, 4.69) is 10.3 Å². The van der Waals surface area contributed by atoms with Crippen LogP contribution in [0.1, 0.15) is 39.7 Å². The maximum absolute atomic E-state index is 12.3. The van der Waals surface area contributed by atoms with Gasteiger partial charge in [0.1, 0.15) is 17.9 Å². The molecule has 2 rings (SSSR count). The standard InChI is InChI=1S/C18H25N3O7S/c1-11-8-12(13-6-7-19-10-15(13)21(23)24)9-14(16(11)28-29(5,25)26)20-17(22)27-18(2,3)4/h6-7,9-11,14,16H,8H2,1-5H3,(H,20,22)/t11-,14-,16-/m1/s1. The molecule has 11 heteroatoms. The van der Waals surface area contributed by atoms with Crippen LogP contribution in [0.3, 0.4) is 0 Å². The smallest absolute Gasteiger partial charge is 0.408 e. The van der Waals surface area contributed by atoms with Crippen LogP contribution in [0.5, 0.6) is 0 Å². The van der Waals surface area contributed by atoms with E-state index in [1.807, 2.05) is 0 Å². The number of allylic oxidation sites excluding steroid dienone is 1. The fourth-order valence-corrected chi connectivity index (χ4v) is 3.84. The Morgan fingerprint density at radius 1 is 1.38 bits per heavy atom. The average molecular weight is 427 g/mol. The molecule has 29 heavy (non-hydrogen) atoms. The van der Waals surface area contributed by atoms with Gasteiger partial charge in [-0.15, -0.1) is 0 Å². The lowest BCUT2D eigenvalue weighted by atomic mass is 9.82. The molecule has 0 bridgehead atoms. The largest absolute Gasteiger partial charge is 0.444 e. The highest BCUT2D eigenvalue weighted by molar-refractivity contribution is 7.86. The van der Waals surface area contributed by atoms with Crippen molar-refractivity contribution in [1.29, 1.82) is 0 Å². The summed E-state index contributed by atoms with van der Waals surface area (Å²) in [6.45, 7) is 6.84. The molecule has 0 aliphatic heterocycles. The van der Waals surface area contributed by atoms with Gasteiger partial charge in [0.25, 0.3) is 15.8 Å². The predicted molar refractivity (Wildman–Crippen MR) is 106 cm³/mol. The number of aromatic nitrogens is 1. The first-order valence-electron chi connectivity index (χ1n) is 8.94. The number of carbonyl (C=O) groups is 1. The first kappa shape index (κ1) is 22.8. The number of rotatable bonds is 5. The molecule has 1 aromatic heterocycles. The third-order valence-corrected chi connectivity index (χ3v) is 4.72. The molecular formula is C18H25N3O7S. The van der Waals surface area contributed by atoms with Crippen LogP contribution in [-0.2, 0) is 19.0 Å². The summed E-state index contributed by atoms with van der Waals surface area (Å²) in [6, 6.07) is 0.644. The number of nitrogens with one attached hydrogen (secondary N) is 1. The first-order valence-corrected chi connectivity index (χ1v) is 10.8. The van der Waals surface area contributed by atoms with Crippen LogP contribution in [0.2, 0.25) is 0 Å². The molecule has 1 N–H and O–H groups in total. The van der Waals surface area contributed by atoms with Crippen LogP contribution < -0.4 is 5.32 Å². The lowest BCUT2D eigenvalue weighted by Crippen LogP contribution is -2.50. The van der Waals surface area contributed by atoms with E-state index in [1.54, 1.807) is 33.8 Å². The maximum Gasteiger partial charge on any atom is 0.408 e. The minimum atomic E-state index is -3.80. The number of ether oxygens (including phenoxy) is 1. The number of pyridine rings is 1. The number of alkyl carbamates (subject to hydrolysis) is 1. The summed E-state index contributed by atoms with van der Waals surface area (Å²) >= 11 is 0. The van der Waals surface area contributed by atoms with Gasteiger partial charge in [-0.1, -0.05) is 13.0 Å². The molecule has 0 saturated carbocycles. The Kier molecular flexibility index (Phi) is 6.63. The lowest BCUT2D eigenvalue weighted by molar-refractivity contribution is -0.385. The number of nitro groups is 1. The Labute approximate surface area is 169 Å². The van der Waals surface area contributed by atoms with Crippen molar-refractivity contribution in [2.24, 2.45) is 5.92 Å².